The normalized spacial score (nSPS) is 16.9. The highest BCUT2D eigenvalue weighted by Crippen LogP contribution is 2.40. The molecule has 1 fully saturated rings. The molecule has 0 N–H and O–H groups in total. The van der Waals surface area contributed by atoms with Crippen LogP contribution in [-0.2, 0) is 18.6 Å². The van der Waals surface area contributed by atoms with Crippen LogP contribution in [0.4, 0.5) is 0 Å². The van der Waals surface area contributed by atoms with Gasteiger partial charge in [-0.25, -0.2) is 0 Å². The van der Waals surface area contributed by atoms with Gasteiger partial charge in [0.05, 0.1) is 0 Å². The molecule has 0 aliphatic carbocycles. The second kappa shape index (κ2) is 8.72. The van der Waals surface area contributed by atoms with Gasteiger partial charge in [-0.05, 0) is 49.7 Å². The number of likely N-dealkylation sites (tertiary alicyclic amines) is 1. The summed E-state index contributed by atoms with van der Waals surface area (Å²) in [6, 6.07) is 33.0. The summed E-state index contributed by atoms with van der Waals surface area (Å²) in [4.78, 5) is 5.18. The van der Waals surface area contributed by atoms with Gasteiger partial charge in [-0.3, -0.25) is 4.90 Å². The van der Waals surface area contributed by atoms with Gasteiger partial charge in [0.15, 0.2) is 0 Å². The highest BCUT2D eigenvalue weighted by molar-refractivity contribution is 5.28. The molecule has 0 bridgehead atoms. The van der Waals surface area contributed by atoms with Crippen LogP contribution >= 0.6 is 0 Å². The van der Waals surface area contributed by atoms with E-state index in [0.717, 1.165) is 39.0 Å². The molecule has 2 heteroatoms. The molecular formula is C26H30N2. The van der Waals surface area contributed by atoms with E-state index in [1.54, 1.807) is 0 Å². The minimum atomic E-state index is 0.0689. The fourth-order valence-electron chi connectivity index (χ4n) is 4.49. The Morgan fingerprint density at radius 3 is 1.57 bits per heavy atom. The SMILES string of the molecule is CN1CCC(c2ccccc2)(N(Cc2ccccc2)Cc2ccccc2)CC1. The van der Waals surface area contributed by atoms with Gasteiger partial charge in [0.2, 0.25) is 0 Å². The van der Waals surface area contributed by atoms with E-state index in [0.29, 0.717) is 0 Å². The zero-order valence-corrected chi connectivity index (χ0v) is 16.8. The molecule has 4 rings (SSSR count). The van der Waals surface area contributed by atoms with Crippen LogP contribution in [0.2, 0.25) is 0 Å². The van der Waals surface area contributed by atoms with E-state index >= 15 is 0 Å². The summed E-state index contributed by atoms with van der Waals surface area (Å²) in [7, 11) is 2.24. The van der Waals surface area contributed by atoms with Crippen molar-refractivity contribution in [1.82, 2.24) is 9.80 Å². The first-order valence-corrected chi connectivity index (χ1v) is 10.3. The second-order valence-corrected chi connectivity index (χ2v) is 8.03. The first-order valence-electron chi connectivity index (χ1n) is 10.3. The molecule has 1 aliphatic heterocycles. The summed E-state index contributed by atoms with van der Waals surface area (Å²) in [5, 5.41) is 0. The summed E-state index contributed by atoms with van der Waals surface area (Å²) in [5.41, 5.74) is 4.29. The number of nitrogens with zero attached hydrogens (tertiary/aromatic N) is 2. The first kappa shape index (κ1) is 18.9. The molecule has 0 amide bonds. The van der Waals surface area contributed by atoms with Crippen molar-refractivity contribution in [1.29, 1.82) is 0 Å². The molecule has 1 saturated heterocycles. The monoisotopic (exact) mass is 370 g/mol. The lowest BCUT2D eigenvalue weighted by Crippen LogP contribution is -2.52. The van der Waals surface area contributed by atoms with Gasteiger partial charge in [-0.2, -0.15) is 0 Å². The summed E-state index contributed by atoms with van der Waals surface area (Å²) in [6.45, 7) is 4.20. The third-order valence-corrected chi connectivity index (χ3v) is 6.16. The third-order valence-electron chi connectivity index (χ3n) is 6.16. The standard InChI is InChI=1S/C26H30N2/c1-27-19-17-26(18-20-27,25-15-9-4-10-16-25)28(21-23-11-5-2-6-12-23)22-24-13-7-3-8-14-24/h2-16H,17-22H2,1H3. The van der Waals surface area contributed by atoms with Crippen LogP contribution in [-0.4, -0.2) is 29.9 Å². The largest absolute Gasteiger partial charge is 0.306 e. The zero-order valence-electron chi connectivity index (χ0n) is 16.8. The molecule has 3 aromatic carbocycles. The van der Waals surface area contributed by atoms with Gasteiger partial charge in [0.25, 0.3) is 0 Å². The summed E-state index contributed by atoms with van der Waals surface area (Å²) in [6.07, 6.45) is 2.32. The van der Waals surface area contributed by atoms with Gasteiger partial charge in [0, 0.05) is 18.6 Å². The van der Waals surface area contributed by atoms with Crippen molar-refractivity contribution in [2.24, 2.45) is 0 Å². The highest BCUT2D eigenvalue weighted by atomic mass is 15.2. The maximum Gasteiger partial charge on any atom is 0.0492 e. The van der Waals surface area contributed by atoms with Crippen LogP contribution in [0.15, 0.2) is 91.0 Å². The Balaban J connectivity index is 1.74. The lowest BCUT2D eigenvalue weighted by Gasteiger charge is -2.49. The van der Waals surface area contributed by atoms with Gasteiger partial charge < -0.3 is 4.90 Å². The van der Waals surface area contributed by atoms with Crippen molar-refractivity contribution in [3.63, 3.8) is 0 Å². The molecule has 28 heavy (non-hydrogen) atoms. The summed E-state index contributed by atoms with van der Waals surface area (Å²) in [5.74, 6) is 0. The van der Waals surface area contributed by atoms with Crippen LogP contribution in [0, 0.1) is 0 Å². The Morgan fingerprint density at radius 1 is 0.679 bits per heavy atom. The maximum atomic E-state index is 2.72. The van der Waals surface area contributed by atoms with E-state index < -0.39 is 0 Å². The Hall–Kier alpha value is -2.42. The van der Waals surface area contributed by atoms with Crippen LogP contribution in [0.3, 0.4) is 0 Å². The van der Waals surface area contributed by atoms with E-state index in [4.69, 9.17) is 0 Å². The quantitative estimate of drug-likeness (QED) is 0.580. The molecule has 2 nitrogen and oxygen atoms in total. The molecule has 0 spiro atoms. The maximum absolute atomic E-state index is 2.72. The van der Waals surface area contributed by atoms with E-state index in [-0.39, 0.29) is 5.54 Å². The van der Waals surface area contributed by atoms with Gasteiger partial charge in [-0.15, -0.1) is 0 Å². The smallest absolute Gasteiger partial charge is 0.0492 e. The lowest BCUT2D eigenvalue weighted by atomic mass is 9.78. The minimum absolute atomic E-state index is 0.0689. The lowest BCUT2D eigenvalue weighted by molar-refractivity contribution is 0.0107. The number of hydrogen-bond donors (Lipinski definition) is 0. The Morgan fingerprint density at radius 2 is 1.11 bits per heavy atom. The summed E-state index contributed by atoms with van der Waals surface area (Å²) >= 11 is 0. The number of benzene rings is 3. The predicted molar refractivity (Wildman–Crippen MR) is 117 cm³/mol. The van der Waals surface area contributed by atoms with Crippen molar-refractivity contribution < 1.29 is 0 Å². The van der Waals surface area contributed by atoms with E-state index in [1.165, 1.54) is 16.7 Å². The van der Waals surface area contributed by atoms with E-state index in [9.17, 15) is 0 Å². The minimum Gasteiger partial charge on any atom is -0.306 e. The van der Waals surface area contributed by atoms with Crippen molar-refractivity contribution >= 4 is 0 Å². The van der Waals surface area contributed by atoms with Crippen molar-refractivity contribution in [2.45, 2.75) is 31.5 Å². The molecule has 0 unspecified atom stereocenters. The Kier molecular flexibility index (Phi) is 5.90. The Bertz CT molecular complexity index is 796. The van der Waals surface area contributed by atoms with Crippen molar-refractivity contribution in [2.75, 3.05) is 20.1 Å². The highest BCUT2D eigenvalue weighted by Gasteiger charge is 2.40. The molecule has 1 aliphatic rings. The molecule has 1 heterocycles. The topological polar surface area (TPSA) is 6.48 Å². The fourth-order valence-corrected chi connectivity index (χ4v) is 4.49. The second-order valence-electron chi connectivity index (χ2n) is 8.03. The van der Waals surface area contributed by atoms with Crippen LogP contribution in [0.25, 0.3) is 0 Å². The van der Waals surface area contributed by atoms with Crippen LogP contribution in [0.1, 0.15) is 29.5 Å². The van der Waals surface area contributed by atoms with Gasteiger partial charge in [-0.1, -0.05) is 91.0 Å². The van der Waals surface area contributed by atoms with E-state index in [1.807, 2.05) is 0 Å². The summed E-state index contributed by atoms with van der Waals surface area (Å²) < 4.78 is 0. The van der Waals surface area contributed by atoms with Gasteiger partial charge in [0.1, 0.15) is 0 Å². The molecular weight excluding hydrogens is 340 g/mol. The molecule has 144 valence electrons. The first-order chi connectivity index (χ1) is 13.8. The number of hydrogen-bond acceptors (Lipinski definition) is 2. The third kappa shape index (κ3) is 4.19. The van der Waals surface area contributed by atoms with E-state index in [2.05, 4.69) is 108 Å². The predicted octanol–water partition coefficient (Wildman–Crippen LogP) is 5.31. The van der Waals surface area contributed by atoms with Crippen molar-refractivity contribution in [3.8, 4) is 0 Å². The fraction of sp³-hybridized carbons (Fsp3) is 0.308. The molecule has 3 aromatic rings. The average molecular weight is 371 g/mol. The number of rotatable bonds is 6. The van der Waals surface area contributed by atoms with Gasteiger partial charge >= 0.3 is 0 Å². The molecule has 0 atom stereocenters. The molecule has 0 saturated carbocycles. The van der Waals surface area contributed by atoms with Crippen LogP contribution < -0.4 is 0 Å². The zero-order chi connectivity index (χ0) is 19.2. The molecule has 0 aromatic heterocycles. The number of piperidine rings is 1. The van der Waals surface area contributed by atoms with Crippen LogP contribution in [0.5, 0.6) is 0 Å². The van der Waals surface area contributed by atoms with Crippen molar-refractivity contribution in [3.05, 3.63) is 108 Å². The molecule has 0 radical (unpaired) electrons. The average Bonchev–Trinajstić information content (AvgIpc) is 2.76. The Labute approximate surface area is 169 Å².